The SMILES string of the molecule is CCCOC(=O)c1c(NC(=O)c2ccc(COc3c(Cl)cc(Cl)cc3Cl)o2)sc2c1CCCC2. The van der Waals surface area contributed by atoms with Crippen LogP contribution in [0.3, 0.4) is 0 Å². The zero-order valence-corrected chi connectivity index (χ0v) is 21.4. The highest BCUT2D eigenvalue weighted by Crippen LogP contribution is 2.39. The number of hydrogen-bond acceptors (Lipinski definition) is 6. The van der Waals surface area contributed by atoms with Crippen LogP contribution >= 0.6 is 46.1 Å². The summed E-state index contributed by atoms with van der Waals surface area (Å²) in [5.41, 5.74) is 1.45. The van der Waals surface area contributed by atoms with Crippen molar-refractivity contribution in [3.8, 4) is 5.75 Å². The molecule has 0 radical (unpaired) electrons. The van der Waals surface area contributed by atoms with E-state index in [4.69, 9.17) is 48.7 Å². The third kappa shape index (κ3) is 5.54. The highest BCUT2D eigenvalue weighted by atomic mass is 35.5. The first-order valence-corrected chi connectivity index (χ1v) is 12.8. The number of anilines is 1. The number of fused-ring (bicyclic) bond motifs is 1. The van der Waals surface area contributed by atoms with Gasteiger partial charge in [0.2, 0.25) is 0 Å². The van der Waals surface area contributed by atoms with Crippen molar-refractivity contribution in [1.29, 1.82) is 0 Å². The standard InChI is InChI=1S/C24H22Cl3NO5S/c1-2-9-31-24(30)20-15-5-3-4-6-19(15)34-23(20)28-22(29)18-8-7-14(33-18)12-32-21-16(26)10-13(25)11-17(21)27/h7-8,10-11H,2-6,9,12H2,1H3,(H,28,29). The molecular formula is C24H22Cl3NO5S. The van der Waals surface area contributed by atoms with Gasteiger partial charge >= 0.3 is 5.97 Å². The van der Waals surface area contributed by atoms with E-state index in [9.17, 15) is 9.59 Å². The summed E-state index contributed by atoms with van der Waals surface area (Å²) in [6.45, 7) is 2.28. The van der Waals surface area contributed by atoms with Crippen molar-refractivity contribution in [3.05, 3.63) is 66.9 Å². The summed E-state index contributed by atoms with van der Waals surface area (Å²) < 4.78 is 16.7. The fraction of sp³-hybridized carbons (Fsp3) is 0.333. The lowest BCUT2D eigenvalue weighted by Gasteiger charge is -2.12. The molecule has 0 unspecified atom stereocenters. The van der Waals surface area contributed by atoms with Crippen LogP contribution in [0, 0.1) is 0 Å². The maximum absolute atomic E-state index is 12.9. The lowest BCUT2D eigenvalue weighted by Crippen LogP contribution is -2.15. The summed E-state index contributed by atoms with van der Waals surface area (Å²) >= 11 is 19.6. The molecule has 34 heavy (non-hydrogen) atoms. The Morgan fingerprint density at radius 1 is 1.12 bits per heavy atom. The number of ether oxygens (including phenoxy) is 2. The average molecular weight is 543 g/mol. The van der Waals surface area contributed by atoms with Gasteiger partial charge in [0.25, 0.3) is 5.91 Å². The third-order valence-corrected chi connectivity index (χ3v) is 7.23. The summed E-state index contributed by atoms with van der Waals surface area (Å²) in [7, 11) is 0. The van der Waals surface area contributed by atoms with E-state index < -0.39 is 11.9 Å². The number of esters is 1. The van der Waals surface area contributed by atoms with E-state index in [0.717, 1.165) is 42.5 Å². The van der Waals surface area contributed by atoms with Crippen molar-refractivity contribution >= 4 is 63.0 Å². The third-order valence-electron chi connectivity index (χ3n) is 5.25. The van der Waals surface area contributed by atoms with Crippen molar-refractivity contribution in [2.45, 2.75) is 45.6 Å². The second-order valence-electron chi connectivity index (χ2n) is 7.76. The molecule has 1 N–H and O–H groups in total. The minimum Gasteiger partial charge on any atom is -0.483 e. The van der Waals surface area contributed by atoms with E-state index in [1.54, 1.807) is 12.1 Å². The fourth-order valence-electron chi connectivity index (χ4n) is 3.69. The Morgan fingerprint density at radius 3 is 2.59 bits per heavy atom. The van der Waals surface area contributed by atoms with E-state index in [-0.39, 0.29) is 28.2 Å². The van der Waals surface area contributed by atoms with Crippen LogP contribution in [-0.2, 0) is 24.2 Å². The van der Waals surface area contributed by atoms with Gasteiger partial charge in [-0.2, -0.15) is 0 Å². The minimum atomic E-state index is -0.461. The van der Waals surface area contributed by atoms with Crippen molar-refractivity contribution in [2.75, 3.05) is 11.9 Å². The maximum atomic E-state index is 12.9. The molecule has 4 rings (SSSR count). The van der Waals surface area contributed by atoms with E-state index in [1.165, 1.54) is 23.5 Å². The first-order valence-electron chi connectivity index (χ1n) is 10.9. The van der Waals surface area contributed by atoms with Gasteiger partial charge in [-0.3, -0.25) is 4.79 Å². The van der Waals surface area contributed by atoms with Gasteiger partial charge < -0.3 is 19.2 Å². The lowest BCUT2D eigenvalue weighted by molar-refractivity contribution is 0.0505. The number of amides is 1. The monoisotopic (exact) mass is 541 g/mol. The second kappa shape index (κ2) is 11.0. The van der Waals surface area contributed by atoms with E-state index in [2.05, 4.69) is 5.32 Å². The number of carbonyl (C=O) groups is 2. The fourth-order valence-corrected chi connectivity index (χ4v) is 5.89. The van der Waals surface area contributed by atoms with Gasteiger partial charge in [0.1, 0.15) is 17.4 Å². The van der Waals surface area contributed by atoms with Crippen LogP contribution in [-0.4, -0.2) is 18.5 Å². The van der Waals surface area contributed by atoms with Crippen molar-refractivity contribution < 1.29 is 23.5 Å². The van der Waals surface area contributed by atoms with Crippen LogP contribution in [0.15, 0.2) is 28.7 Å². The van der Waals surface area contributed by atoms with Gasteiger partial charge in [-0.15, -0.1) is 11.3 Å². The molecule has 0 aliphatic heterocycles. The number of furan rings is 1. The number of hydrogen-bond donors (Lipinski definition) is 1. The molecule has 0 fully saturated rings. The van der Waals surface area contributed by atoms with Crippen LogP contribution < -0.4 is 10.1 Å². The normalized spacial score (nSPS) is 12.8. The molecule has 0 saturated carbocycles. The summed E-state index contributed by atoms with van der Waals surface area (Å²) in [6.07, 6.45) is 4.49. The van der Waals surface area contributed by atoms with Crippen molar-refractivity contribution in [1.82, 2.24) is 0 Å². The molecule has 1 aromatic carbocycles. The number of benzene rings is 1. The topological polar surface area (TPSA) is 77.8 Å². The van der Waals surface area contributed by atoms with Crippen LogP contribution in [0.25, 0.3) is 0 Å². The second-order valence-corrected chi connectivity index (χ2v) is 10.1. The predicted molar refractivity (Wildman–Crippen MR) is 134 cm³/mol. The Balaban J connectivity index is 1.48. The predicted octanol–water partition coefficient (Wildman–Crippen LogP) is 7.58. The van der Waals surface area contributed by atoms with Crippen LogP contribution in [0.5, 0.6) is 5.75 Å². The van der Waals surface area contributed by atoms with Gasteiger partial charge in [-0.05, 0) is 61.9 Å². The van der Waals surface area contributed by atoms with E-state index in [1.807, 2.05) is 6.92 Å². The summed E-state index contributed by atoms with van der Waals surface area (Å²) in [6, 6.07) is 6.22. The van der Waals surface area contributed by atoms with Gasteiger partial charge in [0, 0.05) is 9.90 Å². The smallest absolute Gasteiger partial charge is 0.341 e. The molecule has 1 amide bonds. The minimum absolute atomic E-state index is 0.0102. The van der Waals surface area contributed by atoms with Gasteiger partial charge in [-0.1, -0.05) is 41.7 Å². The van der Waals surface area contributed by atoms with Crippen molar-refractivity contribution in [2.24, 2.45) is 0 Å². The molecule has 0 spiro atoms. The summed E-state index contributed by atoms with van der Waals surface area (Å²) in [5.74, 6) is -0.0975. The summed E-state index contributed by atoms with van der Waals surface area (Å²) in [4.78, 5) is 26.8. The molecule has 2 heterocycles. The van der Waals surface area contributed by atoms with Crippen LogP contribution in [0.4, 0.5) is 5.00 Å². The van der Waals surface area contributed by atoms with Gasteiger partial charge in [0.05, 0.1) is 22.2 Å². The molecule has 2 aromatic heterocycles. The van der Waals surface area contributed by atoms with E-state index in [0.29, 0.717) is 28.0 Å². The first kappa shape index (κ1) is 24.9. The first-order chi connectivity index (χ1) is 16.4. The zero-order valence-electron chi connectivity index (χ0n) is 18.3. The number of halogens is 3. The number of thiophene rings is 1. The Hall–Kier alpha value is -2.19. The number of nitrogens with one attached hydrogen (secondary N) is 1. The Morgan fingerprint density at radius 2 is 1.85 bits per heavy atom. The van der Waals surface area contributed by atoms with Crippen LogP contribution in [0.2, 0.25) is 15.1 Å². The molecule has 1 aliphatic carbocycles. The Kier molecular flexibility index (Phi) is 8.09. The molecule has 0 atom stereocenters. The molecule has 1 aliphatic rings. The molecule has 3 aromatic rings. The number of carbonyl (C=O) groups excluding carboxylic acids is 2. The van der Waals surface area contributed by atoms with Crippen molar-refractivity contribution in [3.63, 3.8) is 0 Å². The average Bonchev–Trinajstić information content (AvgIpc) is 3.41. The summed E-state index contributed by atoms with van der Waals surface area (Å²) in [5, 5.41) is 4.27. The molecular weight excluding hydrogens is 521 g/mol. The van der Waals surface area contributed by atoms with E-state index >= 15 is 0 Å². The Bertz CT molecular complexity index is 1200. The zero-order chi connectivity index (χ0) is 24.2. The molecule has 6 nitrogen and oxygen atoms in total. The highest BCUT2D eigenvalue weighted by Gasteiger charge is 2.28. The highest BCUT2D eigenvalue weighted by molar-refractivity contribution is 7.17. The number of aryl methyl sites for hydroxylation is 1. The lowest BCUT2D eigenvalue weighted by atomic mass is 9.95. The quantitative estimate of drug-likeness (QED) is 0.297. The molecule has 0 bridgehead atoms. The van der Waals surface area contributed by atoms with Crippen LogP contribution in [0.1, 0.15) is 63.3 Å². The number of rotatable bonds is 8. The molecule has 10 heteroatoms. The molecule has 0 saturated heterocycles. The maximum Gasteiger partial charge on any atom is 0.341 e. The Labute approximate surface area is 216 Å². The van der Waals surface area contributed by atoms with Gasteiger partial charge in [-0.25, -0.2) is 4.79 Å². The largest absolute Gasteiger partial charge is 0.483 e. The van der Waals surface area contributed by atoms with Gasteiger partial charge in [0.15, 0.2) is 11.5 Å². The molecule has 180 valence electrons.